The van der Waals surface area contributed by atoms with Crippen molar-refractivity contribution in [2.75, 3.05) is 0 Å². The Balaban J connectivity index is 1.65. The van der Waals surface area contributed by atoms with E-state index in [2.05, 4.69) is 101 Å². The first-order valence-electron chi connectivity index (χ1n) is 11.3. The standard InChI is InChI=1S/C30H16BN/c1-2-8-17(9-3-1)22-16-23-20-12-6-11-18-19-13-7-15-25-29(19)32(28(18)20)30(23)27-26(22)21-10-4-5-14-24(21)31(25)27/h1-16H. The Labute approximate surface area is 184 Å². The summed E-state index contributed by atoms with van der Waals surface area (Å²) in [5, 5.41) is 5.51. The molecule has 0 fully saturated rings. The number of para-hydroxylation sites is 2. The molecule has 0 bridgehead atoms. The van der Waals surface area contributed by atoms with Crippen molar-refractivity contribution in [1.82, 2.24) is 4.40 Å². The monoisotopic (exact) mass is 401 g/mol. The van der Waals surface area contributed by atoms with Gasteiger partial charge >= 0.3 is 0 Å². The third kappa shape index (κ3) is 1.53. The second-order valence-electron chi connectivity index (χ2n) is 9.28. The molecule has 2 heteroatoms. The highest BCUT2D eigenvalue weighted by Gasteiger charge is 2.42. The van der Waals surface area contributed by atoms with E-state index in [1.165, 1.54) is 76.7 Å². The van der Waals surface area contributed by atoms with Crippen LogP contribution in [0.4, 0.5) is 0 Å². The summed E-state index contributed by atoms with van der Waals surface area (Å²) in [4.78, 5) is 0. The first-order valence-corrected chi connectivity index (χ1v) is 11.3. The van der Waals surface area contributed by atoms with Gasteiger partial charge in [0.1, 0.15) is 0 Å². The van der Waals surface area contributed by atoms with Gasteiger partial charge < -0.3 is 4.40 Å². The minimum Gasteiger partial charge on any atom is -0.309 e. The smallest absolute Gasteiger partial charge is 0.248 e. The SMILES string of the molecule is c1ccc(-c2cc3c4cccc5c6cccc7c6n(c3c3c2-c2ccccc2B73)c54)cc1. The number of nitrogens with zero attached hydrogens (tertiary/aromatic N) is 1. The van der Waals surface area contributed by atoms with Crippen LogP contribution in [0.3, 0.4) is 0 Å². The fraction of sp³-hybridized carbons (Fsp3) is 0. The summed E-state index contributed by atoms with van der Waals surface area (Å²) in [7, 11) is 0. The van der Waals surface area contributed by atoms with Crippen LogP contribution in [-0.4, -0.2) is 11.1 Å². The van der Waals surface area contributed by atoms with E-state index >= 15 is 0 Å². The van der Waals surface area contributed by atoms with Gasteiger partial charge in [-0.15, -0.1) is 0 Å². The molecule has 2 aliphatic heterocycles. The van der Waals surface area contributed by atoms with Gasteiger partial charge in [0.15, 0.2) is 0 Å². The molecule has 0 saturated heterocycles. The van der Waals surface area contributed by atoms with Crippen LogP contribution in [0.25, 0.3) is 60.3 Å². The largest absolute Gasteiger partial charge is 0.309 e. The van der Waals surface area contributed by atoms with Gasteiger partial charge in [-0.1, -0.05) is 96.5 Å². The van der Waals surface area contributed by atoms with E-state index in [1.807, 2.05) is 0 Å². The lowest BCUT2D eigenvalue weighted by atomic mass is 9.37. The first kappa shape index (κ1) is 15.7. The van der Waals surface area contributed by atoms with Crippen molar-refractivity contribution in [3.05, 3.63) is 97.1 Å². The molecule has 5 aromatic carbocycles. The fourth-order valence-corrected chi connectivity index (χ4v) is 6.83. The average Bonchev–Trinajstić information content (AvgIpc) is 3.49. The number of hydrogen-bond donors (Lipinski definition) is 0. The van der Waals surface area contributed by atoms with Crippen LogP contribution in [-0.2, 0) is 0 Å². The van der Waals surface area contributed by atoms with Crippen LogP contribution >= 0.6 is 0 Å². The lowest BCUT2D eigenvalue weighted by molar-refractivity contribution is 1.38. The van der Waals surface area contributed by atoms with Gasteiger partial charge in [0.25, 0.3) is 0 Å². The fourth-order valence-electron chi connectivity index (χ4n) is 6.83. The molecule has 2 aliphatic rings. The van der Waals surface area contributed by atoms with Gasteiger partial charge in [-0.2, -0.15) is 0 Å². The third-order valence-electron chi connectivity index (χ3n) is 7.92. The predicted molar refractivity (Wildman–Crippen MR) is 137 cm³/mol. The van der Waals surface area contributed by atoms with Gasteiger partial charge in [0, 0.05) is 27.1 Å². The highest BCUT2D eigenvalue weighted by Crippen LogP contribution is 2.45. The van der Waals surface area contributed by atoms with Crippen LogP contribution in [0.1, 0.15) is 0 Å². The molecule has 2 aromatic heterocycles. The predicted octanol–water partition coefficient (Wildman–Crippen LogP) is 5.31. The van der Waals surface area contributed by atoms with Crippen LogP contribution in [0.5, 0.6) is 0 Å². The van der Waals surface area contributed by atoms with Crippen LogP contribution < -0.4 is 16.4 Å². The minimum atomic E-state index is 0.299. The highest BCUT2D eigenvalue weighted by molar-refractivity contribution is 7.02. The molecule has 0 aliphatic carbocycles. The Morgan fingerprint density at radius 3 is 2.06 bits per heavy atom. The van der Waals surface area contributed by atoms with Crippen molar-refractivity contribution in [1.29, 1.82) is 0 Å². The molecule has 9 rings (SSSR count). The highest BCUT2D eigenvalue weighted by atomic mass is 14.9. The van der Waals surface area contributed by atoms with Crippen LogP contribution in [0.2, 0.25) is 0 Å². The normalized spacial score (nSPS) is 13.6. The molecule has 7 aromatic rings. The maximum absolute atomic E-state index is 2.58. The van der Waals surface area contributed by atoms with Gasteiger partial charge in [0.05, 0.1) is 11.0 Å². The van der Waals surface area contributed by atoms with E-state index < -0.39 is 0 Å². The third-order valence-corrected chi connectivity index (χ3v) is 7.92. The molecule has 4 heterocycles. The Morgan fingerprint density at radius 1 is 0.500 bits per heavy atom. The second-order valence-corrected chi connectivity index (χ2v) is 9.28. The van der Waals surface area contributed by atoms with E-state index in [4.69, 9.17) is 0 Å². The lowest BCUT2D eigenvalue weighted by Gasteiger charge is -2.20. The van der Waals surface area contributed by atoms with Crippen molar-refractivity contribution in [3.8, 4) is 22.3 Å². The van der Waals surface area contributed by atoms with Crippen LogP contribution in [0.15, 0.2) is 97.1 Å². The molecule has 0 radical (unpaired) electrons. The van der Waals surface area contributed by atoms with E-state index in [9.17, 15) is 0 Å². The second kappa shape index (κ2) is 5.06. The van der Waals surface area contributed by atoms with E-state index in [-0.39, 0.29) is 0 Å². The summed E-state index contributed by atoms with van der Waals surface area (Å²) in [6.45, 7) is 0.299. The number of hydrogen-bond acceptors (Lipinski definition) is 0. The zero-order valence-corrected chi connectivity index (χ0v) is 17.3. The Hall–Kier alpha value is -4.04. The maximum Gasteiger partial charge on any atom is 0.248 e. The maximum atomic E-state index is 2.58. The zero-order valence-electron chi connectivity index (χ0n) is 17.3. The van der Waals surface area contributed by atoms with Crippen molar-refractivity contribution < 1.29 is 0 Å². The summed E-state index contributed by atoms with van der Waals surface area (Å²) in [5.41, 5.74) is 14.1. The molecular formula is C30H16BN. The molecule has 0 N–H and O–H groups in total. The van der Waals surface area contributed by atoms with Crippen molar-refractivity contribution in [2.24, 2.45) is 0 Å². The van der Waals surface area contributed by atoms with E-state index in [0.717, 1.165) is 0 Å². The summed E-state index contributed by atoms with van der Waals surface area (Å²) in [6.07, 6.45) is 0. The number of aromatic nitrogens is 1. The summed E-state index contributed by atoms with van der Waals surface area (Å²) in [5.74, 6) is 0. The topological polar surface area (TPSA) is 4.41 Å². The zero-order chi connectivity index (χ0) is 20.6. The van der Waals surface area contributed by atoms with Crippen molar-refractivity contribution in [2.45, 2.75) is 0 Å². The number of rotatable bonds is 1. The van der Waals surface area contributed by atoms with Crippen molar-refractivity contribution >= 4 is 61.2 Å². The first-order chi connectivity index (χ1) is 15.9. The molecule has 0 spiro atoms. The molecule has 144 valence electrons. The van der Waals surface area contributed by atoms with Crippen molar-refractivity contribution in [3.63, 3.8) is 0 Å². The average molecular weight is 401 g/mol. The summed E-state index contributed by atoms with van der Waals surface area (Å²) < 4.78 is 2.58. The van der Waals surface area contributed by atoms with Crippen LogP contribution in [0, 0.1) is 0 Å². The Bertz CT molecular complexity index is 1930. The molecule has 1 nitrogen and oxygen atoms in total. The molecule has 0 saturated carbocycles. The van der Waals surface area contributed by atoms with E-state index in [0.29, 0.717) is 6.71 Å². The summed E-state index contributed by atoms with van der Waals surface area (Å²) >= 11 is 0. The molecule has 0 amide bonds. The Morgan fingerprint density at radius 2 is 1.19 bits per heavy atom. The molecule has 32 heavy (non-hydrogen) atoms. The molecule has 0 atom stereocenters. The Kier molecular flexibility index (Phi) is 2.48. The molecular weight excluding hydrogens is 385 g/mol. The number of benzene rings is 5. The van der Waals surface area contributed by atoms with E-state index in [1.54, 1.807) is 0 Å². The molecule has 0 unspecified atom stereocenters. The summed E-state index contributed by atoms with van der Waals surface area (Å²) in [6, 6.07) is 36.2. The quantitative estimate of drug-likeness (QED) is 0.328. The van der Waals surface area contributed by atoms with Gasteiger partial charge in [0.2, 0.25) is 6.71 Å². The van der Waals surface area contributed by atoms with Gasteiger partial charge in [-0.05, 0) is 39.2 Å². The van der Waals surface area contributed by atoms with Gasteiger partial charge in [-0.25, -0.2) is 0 Å². The minimum absolute atomic E-state index is 0.299. The number of fused-ring (bicyclic) bond motifs is 6. The lowest BCUT2D eigenvalue weighted by Crippen LogP contribution is -2.51. The van der Waals surface area contributed by atoms with Gasteiger partial charge in [-0.3, -0.25) is 0 Å².